The molecule has 1 unspecified atom stereocenters. The highest BCUT2D eigenvalue weighted by Gasteiger charge is 2.20. The molecule has 2 heterocycles. The quantitative estimate of drug-likeness (QED) is 0.726. The molecule has 2 aromatic carbocycles. The standard InChI is InChI=1S/C19H17ClN2O2/c20-14-9-7-13(8-10-14)18-21-17-6-2-1-5-16(17)19(23)22(18)12-15-4-3-11-24-15/h1-2,5-10,15H,3-4,11-12H2. The van der Waals surface area contributed by atoms with Crippen LogP contribution in [0, 0.1) is 0 Å². The summed E-state index contributed by atoms with van der Waals surface area (Å²) >= 11 is 5.99. The number of ether oxygens (including phenoxy) is 1. The lowest BCUT2D eigenvalue weighted by Crippen LogP contribution is -2.28. The van der Waals surface area contributed by atoms with Gasteiger partial charge in [0.2, 0.25) is 0 Å². The second kappa shape index (κ2) is 6.38. The van der Waals surface area contributed by atoms with Crippen LogP contribution >= 0.6 is 11.6 Å². The van der Waals surface area contributed by atoms with E-state index in [0.717, 1.165) is 25.0 Å². The molecule has 0 amide bonds. The average Bonchev–Trinajstić information content (AvgIpc) is 3.11. The van der Waals surface area contributed by atoms with Crippen LogP contribution in [0.5, 0.6) is 0 Å². The van der Waals surface area contributed by atoms with Crippen LogP contribution in [-0.2, 0) is 11.3 Å². The second-order valence-electron chi connectivity index (χ2n) is 6.01. The first-order valence-corrected chi connectivity index (χ1v) is 8.47. The van der Waals surface area contributed by atoms with E-state index in [1.165, 1.54) is 0 Å². The van der Waals surface area contributed by atoms with Gasteiger partial charge in [0.25, 0.3) is 5.56 Å². The predicted molar refractivity (Wildman–Crippen MR) is 95.4 cm³/mol. The normalized spacial score (nSPS) is 17.5. The van der Waals surface area contributed by atoms with Crippen LogP contribution in [0.1, 0.15) is 12.8 Å². The summed E-state index contributed by atoms with van der Waals surface area (Å²) in [5.74, 6) is 0.658. The summed E-state index contributed by atoms with van der Waals surface area (Å²) in [5.41, 5.74) is 1.55. The number of benzene rings is 2. The lowest BCUT2D eigenvalue weighted by molar-refractivity contribution is 0.0965. The molecular weight excluding hydrogens is 324 g/mol. The minimum absolute atomic E-state index is 0.0268. The first-order valence-electron chi connectivity index (χ1n) is 8.09. The summed E-state index contributed by atoms with van der Waals surface area (Å²) < 4.78 is 7.46. The van der Waals surface area contributed by atoms with Crippen molar-refractivity contribution in [2.24, 2.45) is 0 Å². The summed E-state index contributed by atoms with van der Waals surface area (Å²) in [4.78, 5) is 17.8. The molecule has 5 heteroatoms. The van der Waals surface area contributed by atoms with Gasteiger partial charge in [-0.15, -0.1) is 0 Å². The molecule has 122 valence electrons. The molecule has 0 radical (unpaired) electrons. The summed E-state index contributed by atoms with van der Waals surface area (Å²) in [6, 6.07) is 14.9. The van der Waals surface area contributed by atoms with Crippen LogP contribution in [0.25, 0.3) is 22.3 Å². The molecule has 0 aliphatic carbocycles. The van der Waals surface area contributed by atoms with E-state index in [1.807, 2.05) is 48.5 Å². The summed E-state index contributed by atoms with van der Waals surface area (Å²) in [6.07, 6.45) is 2.08. The Bertz CT molecular complexity index is 928. The molecule has 24 heavy (non-hydrogen) atoms. The second-order valence-corrected chi connectivity index (χ2v) is 6.45. The average molecular weight is 341 g/mol. The number of rotatable bonds is 3. The Labute approximate surface area is 144 Å². The van der Waals surface area contributed by atoms with Crippen LogP contribution in [0.2, 0.25) is 5.02 Å². The Morgan fingerprint density at radius 2 is 1.96 bits per heavy atom. The van der Waals surface area contributed by atoms with Crippen LogP contribution in [0.4, 0.5) is 0 Å². The van der Waals surface area contributed by atoms with Crippen LogP contribution in [-0.4, -0.2) is 22.3 Å². The third-order valence-electron chi connectivity index (χ3n) is 4.37. The minimum Gasteiger partial charge on any atom is -0.376 e. The maximum atomic E-state index is 13.0. The molecular formula is C19H17ClN2O2. The topological polar surface area (TPSA) is 44.1 Å². The lowest BCUT2D eigenvalue weighted by Gasteiger charge is -2.17. The molecule has 4 nitrogen and oxygen atoms in total. The molecule has 1 aliphatic heterocycles. The highest BCUT2D eigenvalue weighted by molar-refractivity contribution is 6.30. The van der Waals surface area contributed by atoms with Crippen LogP contribution in [0.15, 0.2) is 53.3 Å². The van der Waals surface area contributed by atoms with E-state index in [9.17, 15) is 4.79 Å². The van der Waals surface area contributed by atoms with Crippen molar-refractivity contribution in [3.63, 3.8) is 0 Å². The molecule has 0 bridgehead atoms. The fourth-order valence-electron chi connectivity index (χ4n) is 3.15. The molecule has 0 N–H and O–H groups in total. The van der Waals surface area contributed by atoms with Crippen molar-refractivity contribution in [2.75, 3.05) is 6.61 Å². The van der Waals surface area contributed by atoms with Gasteiger partial charge >= 0.3 is 0 Å². The van der Waals surface area contributed by atoms with Crippen molar-refractivity contribution < 1.29 is 4.74 Å². The molecule has 1 aliphatic rings. The number of hydrogen-bond donors (Lipinski definition) is 0. The fraction of sp³-hybridized carbons (Fsp3) is 0.263. The summed E-state index contributed by atoms with van der Waals surface area (Å²) in [5, 5.41) is 1.29. The third-order valence-corrected chi connectivity index (χ3v) is 4.63. The lowest BCUT2D eigenvalue weighted by atomic mass is 10.1. The molecule has 1 atom stereocenters. The van der Waals surface area contributed by atoms with E-state index in [2.05, 4.69) is 0 Å². The highest BCUT2D eigenvalue weighted by Crippen LogP contribution is 2.23. The number of aromatic nitrogens is 2. The van der Waals surface area contributed by atoms with Crippen molar-refractivity contribution in [1.82, 2.24) is 9.55 Å². The van der Waals surface area contributed by atoms with Gasteiger partial charge < -0.3 is 4.74 Å². The zero-order valence-corrected chi connectivity index (χ0v) is 13.9. The van der Waals surface area contributed by atoms with Gasteiger partial charge in [-0.05, 0) is 49.2 Å². The van der Waals surface area contributed by atoms with Crippen molar-refractivity contribution in [3.05, 3.63) is 63.9 Å². The predicted octanol–water partition coefficient (Wildman–Crippen LogP) is 3.90. The van der Waals surface area contributed by atoms with E-state index >= 15 is 0 Å². The maximum absolute atomic E-state index is 13.0. The van der Waals surface area contributed by atoms with E-state index in [4.69, 9.17) is 21.3 Å². The van der Waals surface area contributed by atoms with Crippen LogP contribution < -0.4 is 5.56 Å². The van der Waals surface area contributed by atoms with Crippen molar-refractivity contribution >= 4 is 22.5 Å². The zero-order valence-electron chi connectivity index (χ0n) is 13.1. The maximum Gasteiger partial charge on any atom is 0.261 e. The van der Waals surface area contributed by atoms with Gasteiger partial charge in [0, 0.05) is 17.2 Å². The number of halogens is 1. The van der Waals surface area contributed by atoms with Crippen molar-refractivity contribution in [3.8, 4) is 11.4 Å². The highest BCUT2D eigenvalue weighted by atomic mass is 35.5. The first-order chi connectivity index (χ1) is 11.7. The molecule has 1 aromatic heterocycles. The minimum atomic E-state index is -0.0268. The van der Waals surface area contributed by atoms with Gasteiger partial charge in [-0.1, -0.05) is 23.7 Å². The smallest absolute Gasteiger partial charge is 0.261 e. The summed E-state index contributed by atoms with van der Waals surface area (Å²) in [6.45, 7) is 1.28. The molecule has 3 aromatic rings. The zero-order chi connectivity index (χ0) is 16.5. The monoisotopic (exact) mass is 340 g/mol. The van der Waals surface area contributed by atoms with Crippen LogP contribution in [0.3, 0.4) is 0 Å². The number of hydrogen-bond acceptors (Lipinski definition) is 3. The van der Waals surface area contributed by atoms with Crippen molar-refractivity contribution in [1.29, 1.82) is 0 Å². The summed E-state index contributed by atoms with van der Waals surface area (Å²) in [7, 11) is 0. The van der Waals surface area contributed by atoms with Crippen molar-refractivity contribution in [2.45, 2.75) is 25.5 Å². The SMILES string of the molecule is O=c1c2ccccc2nc(-c2ccc(Cl)cc2)n1CC1CCCO1. The molecule has 1 fully saturated rings. The van der Waals surface area contributed by atoms with E-state index < -0.39 is 0 Å². The van der Waals surface area contributed by atoms with Gasteiger partial charge in [-0.25, -0.2) is 4.98 Å². The third kappa shape index (κ3) is 2.83. The molecule has 0 spiro atoms. The Morgan fingerprint density at radius 3 is 2.71 bits per heavy atom. The number of para-hydroxylation sites is 1. The Hall–Kier alpha value is -2.17. The first kappa shape index (κ1) is 15.4. The largest absolute Gasteiger partial charge is 0.376 e. The van der Waals surface area contributed by atoms with Gasteiger partial charge in [-0.2, -0.15) is 0 Å². The van der Waals surface area contributed by atoms with E-state index in [1.54, 1.807) is 4.57 Å². The van der Waals surface area contributed by atoms with Gasteiger partial charge in [0.1, 0.15) is 5.82 Å². The fourth-order valence-corrected chi connectivity index (χ4v) is 3.27. The Kier molecular flexibility index (Phi) is 4.08. The number of nitrogens with zero attached hydrogens (tertiary/aromatic N) is 2. The van der Waals surface area contributed by atoms with Gasteiger partial charge in [0.05, 0.1) is 23.6 Å². The molecule has 0 saturated carbocycles. The van der Waals surface area contributed by atoms with E-state index in [0.29, 0.717) is 28.3 Å². The van der Waals surface area contributed by atoms with Gasteiger partial charge in [0.15, 0.2) is 0 Å². The molecule has 4 rings (SSSR count). The van der Waals surface area contributed by atoms with E-state index in [-0.39, 0.29) is 11.7 Å². The van der Waals surface area contributed by atoms with Gasteiger partial charge in [-0.3, -0.25) is 9.36 Å². The Balaban J connectivity index is 1.91. The Morgan fingerprint density at radius 1 is 1.17 bits per heavy atom. The molecule has 1 saturated heterocycles. The number of fused-ring (bicyclic) bond motifs is 1.